The largest absolute Gasteiger partial charge is 0.496 e. The van der Waals surface area contributed by atoms with Gasteiger partial charge in [0.2, 0.25) is 0 Å². The summed E-state index contributed by atoms with van der Waals surface area (Å²) in [6.07, 6.45) is 1.96. The highest BCUT2D eigenvalue weighted by molar-refractivity contribution is 7.98. The van der Waals surface area contributed by atoms with Crippen molar-refractivity contribution in [1.82, 2.24) is 0 Å². The quantitative estimate of drug-likeness (QED) is 0.653. The second kappa shape index (κ2) is 4.03. The van der Waals surface area contributed by atoms with E-state index in [0.717, 1.165) is 10.6 Å². The lowest BCUT2D eigenvalue weighted by atomic mass is 10.2. The highest BCUT2D eigenvalue weighted by atomic mass is 32.2. The topological polar surface area (TPSA) is 33.0 Å². The molecule has 62 valence electrons. The molecule has 0 amide bonds. The SMILES string of the molecule is COc1ccc(C#N)cc1SC. The normalized spacial score (nSPS) is 9.08. The highest BCUT2D eigenvalue weighted by Crippen LogP contribution is 2.27. The molecule has 0 aliphatic carbocycles. The van der Waals surface area contributed by atoms with Crippen molar-refractivity contribution in [3.05, 3.63) is 23.8 Å². The molecule has 0 aliphatic heterocycles. The lowest BCUT2D eigenvalue weighted by molar-refractivity contribution is 0.405. The average Bonchev–Trinajstić information content (AvgIpc) is 2.16. The van der Waals surface area contributed by atoms with Crippen molar-refractivity contribution >= 4 is 11.8 Å². The van der Waals surface area contributed by atoms with Crippen LogP contribution in [0.1, 0.15) is 5.56 Å². The Balaban J connectivity index is 3.13. The highest BCUT2D eigenvalue weighted by Gasteiger charge is 2.01. The van der Waals surface area contributed by atoms with E-state index in [2.05, 4.69) is 6.07 Å². The summed E-state index contributed by atoms with van der Waals surface area (Å²) in [4.78, 5) is 0.997. The molecule has 0 spiro atoms. The van der Waals surface area contributed by atoms with Crippen LogP contribution in [0.5, 0.6) is 5.75 Å². The van der Waals surface area contributed by atoms with Crippen LogP contribution < -0.4 is 4.74 Å². The number of rotatable bonds is 2. The molecule has 0 unspecified atom stereocenters. The van der Waals surface area contributed by atoms with E-state index in [1.54, 1.807) is 24.9 Å². The summed E-state index contributed by atoms with van der Waals surface area (Å²) in [5.41, 5.74) is 0.667. The molecule has 0 bridgehead atoms. The van der Waals surface area contributed by atoms with Crippen molar-refractivity contribution < 1.29 is 4.74 Å². The standard InChI is InChI=1S/C9H9NOS/c1-11-8-4-3-7(6-10)5-9(8)12-2/h3-5H,1-2H3. The first-order valence-electron chi connectivity index (χ1n) is 3.44. The van der Waals surface area contributed by atoms with Crippen molar-refractivity contribution in [1.29, 1.82) is 5.26 Å². The fourth-order valence-electron chi connectivity index (χ4n) is 0.906. The van der Waals surface area contributed by atoms with Crippen LogP contribution in [0, 0.1) is 11.3 Å². The van der Waals surface area contributed by atoms with E-state index >= 15 is 0 Å². The maximum Gasteiger partial charge on any atom is 0.132 e. The summed E-state index contributed by atoms with van der Waals surface area (Å²) in [7, 11) is 1.63. The zero-order valence-corrected chi connectivity index (χ0v) is 7.81. The fourth-order valence-corrected chi connectivity index (χ4v) is 1.50. The molecular formula is C9H9NOS. The summed E-state index contributed by atoms with van der Waals surface area (Å²) in [5.74, 6) is 0.821. The Morgan fingerprint density at radius 3 is 2.75 bits per heavy atom. The van der Waals surface area contributed by atoms with Crippen molar-refractivity contribution in [3.8, 4) is 11.8 Å². The Labute approximate surface area is 76.2 Å². The van der Waals surface area contributed by atoms with Gasteiger partial charge in [-0.3, -0.25) is 0 Å². The van der Waals surface area contributed by atoms with E-state index in [1.165, 1.54) is 0 Å². The van der Waals surface area contributed by atoms with Gasteiger partial charge in [0.05, 0.1) is 23.6 Å². The smallest absolute Gasteiger partial charge is 0.132 e. The zero-order valence-electron chi connectivity index (χ0n) is 7.00. The van der Waals surface area contributed by atoms with Crippen LogP contribution in [0.2, 0.25) is 0 Å². The predicted octanol–water partition coefficient (Wildman–Crippen LogP) is 2.29. The number of nitrogens with zero attached hydrogens (tertiary/aromatic N) is 1. The van der Waals surface area contributed by atoms with Crippen LogP contribution in [0.15, 0.2) is 23.1 Å². The minimum atomic E-state index is 0.667. The first kappa shape index (κ1) is 8.95. The molecule has 1 aromatic carbocycles. The summed E-state index contributed by atoms with van der Waals surface area (Å²) < 4.78 is 5.11. The van der Waals surface area contributed by atoms with E-state index < -0.39 is 0 Å². The third-order valence-corrected chi connectivity index (χ3v) is 2.27. The predicted molar refractivity (Wildman–Crippen MR) is 49.5 cm³/mol. The van der Waals surface area contributed by atoms with Crippen LogP contribution in [-0.2, 0) is 0 Å². The number of methoxy groups -OCH3 is 1. The molecular weight excluding hydrogens is 170 g/mol. The maximum absolute atomic E-state index is 8.62. The van der Waals surface area contributed by atoms with Gasteiger partial charge in [-0.25, -0.2) is 0 Å². The van der Waals surface area contributed by atoms with E-state index in [1.807, 2.05) is 18.4 Å². The Kier molecular flexibility index (Phi) is 3.01. The lowest BCUT2D eigenvalue weighted by Crippen LogP contribution is -1.86. The molecule has 1 aromatic rings. The second-order valence-corrected chi connectivity index (χ2v) is 3.03. The van der Waals surface area contributed by atoms with Gasteiger partial charge in [0, 0.05) is 0 Å². The molecule has 0 N–H and O–H groups in total. The molecule has 3 heteroatoms. The van der Waals surface area contributed by atoms with Crippen molar-refractivity contribution in [2.75, 3.05) is 13.4 Å². The fraction of sp³-hybridized carbons (Fsp3) is 0.222. The molecule has 0 saturated carbocycles. The van der Waals surface area contributed by atoms with E-state index in [-0.39, 0.29) is 0 Å². The number of hydrogen-bond donors (Lipinski definition) is 0. The van der Waals surface area contributed by atoms with Crippen molar-refractivity contribution in [2.45, 2.75) is 4.90 Å². The van der Waals surface area contributed by atoms with Gasteiger partial charge in [-0.1, -0.05) is 0 Å². The van der Waals surface area contributed by atoms with Gasteiger partial charge in [0.1, 0.15) is 5.75 Å². The Bertz CT molecular complexity index is 317. The van der Waals surface area contributed by atoms with E-state index in [0.29, 0.717) is 5.56 Å². The van der Waals surface area contributed by atoms with Gasteiger partial charge in [0.15, 0.2) is 0 Å². The Morgan fingerprint density at radius 1 is 1.50 bits per heavy atom. The van der Waals surface area contributed by atoms with Crippen LogP contribution in [-0.4, -0.2) is 13.4 Å². The first-order chi connectivity index (χ1) is 5.81. The minimum absolute atomic E-state index is 0.667. The Morgan fingerprint density at radius 2 is 2.25 bits per heavy atom. The number of ether oxygens (including phenoxy) is 1. The third-order valence-electron chi connectivity index (χ3n) is 1.51. The molecule has 0 aromatic heterocycles. The van der Waals surface area contributed by atoms with Crippen molar-refractivity contribution in [3.63, 3.8) is 0 Å². The molecule has 2 nitrogen and oxygen atoms in total. The van der Waals surface area contributed by atoms with Crippen LogP contribution in [0.3, 0.4) is 0 Å². The van der Waals surface area contributed by atoms with Gasteiger partial charge < -0.3 is 4.74 Å². The number of thioether (sulfide) groups is 1. The van der Waals surface area contributed by atoms with E-state index in [4.69, 9.17) is 10.00 Å². The summed E-state index contributed by atoms with van der Waals surface area (Å²) in [6, 6.07) is 7.47. The first-order valence-corrected chi connectivity index (χ1v) is 4.66. The van der Waals surface area contributed by atoms with Gasteiger partial charge in [0.25, 0.3) is 0 Å². The van der Waals surface area contributed by atoms with Gasteiger partial charge >= 0.3 is 0 Å². The molecule has 0 saturated heterocycles. The van der Waals surface area contributed by atoms with Crippen molar-refractivity contribution in [2.24, 2.45) is 0 Å². The van der Waals surface area contributed by atoms with Gasteiger partial charge in [-0.2, -0.15) is 5.26 Å². The molecule has 0 atom stereocenters. The third kappa shape index (κ3) is 1.72. The van der Waals surface area contributed by atoms with Crippen LogP contribution >= 0.6 is 11.8 Å². The molecule has 0 radical (unpaired) electrons. The zero-order chi connectivity index (χ0) is 8.97. The van der Waals surface area contributed by atoms with Gasteiger partial charge in [-0.05, 0) is 24.5 Å². The molecule has 1 rings (SSSR count). The molecule has 0 fully saturated rings. The molecule has 0 aliphatic rings. The second-order valence-electron chi connectivity index (χ2n) is 2.18. The lowest BCUT2D eigenvalue weighted by Gasteiger charge is -2.04. The summed E-state index contributed by atoms with van der Waals surface area (Å²) in [6.45, 7) is 0. The van der Waals surface area contributed by atoms with Crippen LogP contribution in [0.25, 0.3) is 0 Å². The summed E-state index contributed by atoms with van der Waals surface area (Å²) in [5, 5.41) is 8.62. The molecule has 12 heavy (non-hydrogen) atoms. The monoisotopic (exact) mass is 179 g/mol. The molecule has 0 heterocycles. The Hall–Kier alpha value is -1.14. The number of nitriles is 1. The van der Waals surface area contributed by atoms with E-state index in [9.17, 15) is 0 Å². The minimum Gasteiger partial charge on any atom is -0.496 e. The van der Waals surface area contributed by atoms with Crippen LogP contribution in [0.4, 0.5) is 0 Å². The van der Waals surface area contributed by atoms with Gasteiger partial charge in [-0.15, -0.1) is 11.8 Å². The number of hydrogen-bond acceptors (Lipinski definition) is 3. The maximum atomic E-state index is 8.62. The summed E-state index contributed by atoms with van der Waals surface area (Å²) >= 11 is 1.57. The average molecular weight is 179 g/mol. The number of benzene rings is 1.